The second-order valence-corrected chi connectivity index (χ2v) is 7.08. The van der Waals surface area contributed by atoms with Crippen LogP contribution in [0.15, 0.2) is 42.6 Å². The van der Waals surface area contributed by atoms with Crippen LogP contribution in [0.25, 0.3) is 0 Å². The molecule has 1 amide bonds. The molecule has 0 aliphatic heterocycles. The molecule has 1 heterocycles. The molecule has 0 fully saturated rings. The summed E-state index contributed by atoms with van der Waals surface area (Å²) in [5.74, 6) is -0.636. The molecule has 5 nitrogen and oxygen atoms in total. The van der Waals surface area contributed by atoms with E-state index in [0.717, 1.165) is 5.56 Å². The van der Waals surface area contributed by atoms with Crippen molar-refractivity contribution in [3.63, 3.8) is 0 Å². The van der Waals surface area contributed by atoms with Crippen molar-refractivity contribution in [2.75, 3.05) is 0 Å². The molecular weight excluding hydrogens is 375 g/mol. The molecule has 26 heavy (non-hydrogen) atoms. The number of pyridine rings is 1. The van der Waals surface area contributed by atoms with E-state index in [-0.39, 0.29) is 18.4 Å². The summed E-state index contributed by atoms with van der Waals surface area (Å²) >= 11 is 11.6. The first-order valence-corrected chi connectivity index (χ1v) is 8.94. The molecule has 1 atom stereocenters. The van der Waals surface area contributed by atoms with Gasteiger partial charge in [0.15, 0.2) is 0 Å². The summed E-state index contributed by atoms with van der Waals surface area (Å²) in [6.45, 7) is 4.00. The maximum absolute atomic E-state index is 12.4. The number of amides is 1. The minimum Gasteiger partial charge on any atom is -0.459 e. The molecule has 7 heteroatoms. The lowest BCUT2D eigenvalue weighted by Crippen LogP contribution is -2.42. The van der Waals surface area contributed by atoms with Crippen LogP contribution in [-0.4, -0.2) is 22.9 Å². The Bertz CT molecular complexity index is 746. The third-order valence-electron chi connectivity index (χ3n) is 3.57. The quantitative estimate of drug-likeness (QED) is 0.562. The first kappa shape index (κ1) is 20.2. The fourth-order valence-electron chi connectivity index (χ4n) is 2.28. The molecule has 0 aliphatic carbocycles. The fraction of sp³-hybridized carbons (Fsp3) is 0.316. The number of benzene rings is 1. The van der Waals surface area contributed by atoms with Crippen molar-refractivity contribution in [3.8, 4) is 0 Å². The molecule has 0 spiro atoms. The summed E-state index contributed by atoms with van der Waals surface area (Å²) in [7, 11) is 0. The summed E-state index contributed by atoms with van der Waals surface area (Å²) in [6.07, 6.45) is 2.01. The number of carbonyl (C=O) groups excluding carboxylic acids is 2. The number of hydrogen-bond acceptors (Lipinski definition) is 4. The van der Waals surface area contributed by atoms with Crippen molar-refractivity contribution in [3.05, 3.63) is 63.9 Å². The predicted molar refractivity (Wildman–Crippen MR) is 101 cm³/mol. The van der Waals surface area contributed by atoms with Gasteiger partial charge in [-0.25, -0.2) is 9.78 Å². The van der Waals surface area contributed by atoms with Crippen molar-refractivity contribution in [2.24, 2.45) is 5.92 Å². The van der Waals surface area contributed by atoms with E-state index in [1.165, 1.54) is 0 Å². The average Bonchev–Trinajstić information content (AvgIpc) is 2.60. The molecule has 1 unspecified atom stereocenters. The largest absolute Gasteiger partial charge is 0.459 e. The maximum Gasteiger partial charge on any atom is 0.328 e. The monoisotopic (exact) mass is 394 g/mol. The average molecular weight is 395 g/mol. The second kappa shape index (κ2) is 9.55. The molecule has 2 rings (SSSR count). The Hall–Kier alpha value is -2.11. The number of nitrogens with one attached hydrogen (secondary N) is 1. The van der Waals surface area contributed by atoms with Gasteiger partial charge in [-0.3, -0.25) is 4.79 Å². The standard InChI is InChI=1S/C19H20Cl2N2O3/c1-12(2)9-16(23-18(24)14-4-6-15(20)7-5-14)19(25)26-11-13-3-8-17(21)22-10-13/h3-8,10,12,16H,9,11H2,1-2H3,(H,23,24). The molecule has 2 aromatic rings. The first-order valence-electron chi connectivity index (χ1n) is 8.18. The molecule has 1 N–H and O–H groups in total. The Morgan fingerprint density at radius 1 is 1.12 bits per heavy atom. The van der Waals surface area contributed by atoms with E-state index in [1.807, 2.05) is 13.8 Å². The van der Waals surface area contributed by atoms with Crippen LogP contribution in [0.4, 0.5) is 0 Å². The molecule has 0 bridgehead atoms. The van der Waals surface area contributed by atoms with Gasteiger partial charge in [0, 0.05) is 22.3 Å². The summed E-state index contributed by atoms with van der Waals surface area (Å²) in [6, 6.07) is 9.08. The van der Waals surface area contributed by atoms with E-state index < -0.39 is 12.0 Å². The number of ether oxygens (including phenoxy) is 1. The topological polar surface area (TPSA) is 68.3 Å². The number of nitrogens with zero attached hydrogens (tertiary/aromatic N) is 1. The molecule has 0 aliphatic rings. The van der Waals surface area contributed by atoms with E-state index in [9.17, 15) is 9.59 Å². The van der Waals surface area contributed by atoms with E-state index in [0.29, 0.717) is 22.2 Å². The Kier molecular flexibility index (Phi) is 7.42. The van der Waals surface area contributed by atoms with Crippen LogP contribution in [0.3, 0.4) is 0 Å². The van der Waals surface area contributed by atoms with Crippen molar-refractivity contribution >= 4 is 35.1 Å². The molecule has 1 aromatic carbocycles. The van der Waals surface area contributed by atoms with Crippen molar-refractivity contribution < 1.29 is 14.3 Å². The maximum atomic E-state index is 12.4. The van der Waals surface area contributed by atoms with E-state index >= 15 is 0 Å². The zero-order chi connectivity index (χ0) is 19.1. The van der Waals surface area contributed by atoms with Gasteiger partial charge < -0.3 is 10.1 Å². The Balaban J connectivity index is 2.00. The third-order valence-corrected chi connectivity index (χ3v) is 4.05. The Morgan fingerprint density at radius 2 is 1.81 bits per heavy atom. The molecule has 138 valence electrons. The SMILES string of the molecule is CC(C)CC(NC(=O)c1ccc(Cl)cc1)C(=O)OCc1ccc(Cl)nc1. The smallest absolute Gasteiger partial charge is 0.328 e. The number of halogens is 2. The van der Waals surface area contributed by atoms with Gasteiger partial charge in [-0.1, -0.05) is 43.1 Å². The highest BCUT2D eigenvalue weighted by Gasteiger charge is 2.24. The van der Waals surface area contributed by atoms with Crippen LogP contribution in [0.2, 0.25) is 10.2 Å². The fourth-order valence-corrected chi connectivity index (χ4v) is 2.51. The van der Waals surface area contributed by atoms with Gasteiger partial charge in [0.25, 0.3) is 5.91 Å². The van der Waals surface area contributed by atoms with Crippen LogP contribution >= 0.6 is 23.2 Å². The highest BCUT2D eigenvalue weighted by Crippen LogP contribution is 2.13. The molecular formula is C19H20Cl2N2O3. The van der Waals surface area contributed by atoms with Crippen molar-refractivity contribution in [1.29, 1.82) is 0 Å². The van der Waals surface area contributed by atoms with Crippen LogP contribution in [0, 0.1) is 5.92 Å². The summed E-state index contributed by atoms with van der Waals surface area (Å²) in [5.41, 5.74) is 1.15. The van der Waals surface area contributed by atoms with Gasteiger partial charge in [0.05, 0.1) is 0 Å². The van der Waals surface area contributed by atoms with Crippen LogP contribution < -0.4 is 5.32 Å². The van der Waals surface area contributed by atoms with Crippen LogP contribution in [0.1, 0.15) is 36.2 Å². The molecule has 0 saturated carbocycles. The molecule has 1 aromatic heterocycles. The lowest BCUT2D eigenvalue weighted by molar-refractivity contribution is -0.147. The van der Waals surface area contributed by atoms with Gasteiger partial charge in [-0.15, -0.1) is 0 Å². The Morgan fingerprint density at radius 3 is 2.38 bits per heavy atom. The van der Waals surface area contributed by atoms with Gasteiger partial charge in [0.2, 0.25) is 0 Å². The second-order valence-electron chi connectivity index (χ2n) is 6.26. The number of esters is 1. The van der Waals surface area contributed by atoms with Gasteiger partial charge in [-0.2, -0.15) is 0 Å². The normalized spacial score (nSPS) is 11.9. The lowest BCUT2D eigenvalue weighted by atomic mass is 10.0. The van der Waals surface area contributed by atoms with E-state index in [4.69, 9.17) is 27.9 Å². The number of aromatic nitrogens is 1. The zero-order valence-electron chi connectivity index (χ0n) is 14.5. The van der Waals surface area contributed by atoms with Crippen molar-refractivity contribution in [1.82, 2.24) is 10.3 Å². The van der Waals surface area contributed by atoms with Crippen LogP contribution in [0.5, 0.6) is 0 Å². The highest BCUT2D eigenvalue weighted by molar-refractivity contribution is 6.30. The minimum atomic E-state index is -0.738. The third kappa shape index (κ3) is 6.32. The molecule has 0 radical (unpaired) electrons. The van der Waals surface area contributed by atoms with E-state index in [2.05, 4.69) is 10.3 Å². The van der Waals surface area contributed by atoms with Crippen LogP contribution in [-0.2, 0) is 16.1 Å². The summed E-state index contributed by atoms with van der Waals surface area (Å²) in [5, 5.41) is 3.64. The molecule has 0 saturated heterocycles. The highest BCUT2D eigenvalue weighted by atomic mass is 35.5. The number of rotatable bonds is 7. The summed E-state index contributed by atoms with van der Waals surface area (Å²) in [4.78, 5) is 28.8. The zero-order valence-corrected chi connectivity index (χ0v) is 16.1. The number of hydrogen-bond donors (Lipinski definition) is 1. The Labute approximate surface area is 162 Å². The summed E-state index contributed by atoms with van der Waals surface area (Å²) < 4.78 is 5.33. The lowest BCUT2D eigenvalue weighted by Gasteiger charge is -2.19. The number of carbonyl (C=O) groups is 2. The van der Waals surface area contributed by atoms with Gasteiger partial charge in [-0.05, 0) is 42.7 Å². The van der Waals surface area contributed by atoms with Gasteiger partial charge in [0.1, 0.15) is 17.8 Å². The van der Waals surface area contributed by atoms with Crippen molar-refractivity contribution in [2.45, 2.75) is 32.9 Å². The minimum absolute atomic E-state index is 0.0639. The van der Waals surface area contributed by atoms with Gasteiger partial charge >= 0.3 is 5.97 Å². The first-order chi connectivity index (χ1) is 12.3. The van der Waals surface area contributed by atoms with E-state index in [1.54, 1.807) is 42.6 Å². The predicted octanol–water partition coefficient (Wildman–Crippen LogP) is 4.28.